The Hall–Kier alpha value is -2.53. The summed E-state index contributed by atoms with van der Waals surface area (Å²) in [7, 11) is 0. The zero-order valence-electron chi connectivity index (χ0n) is 13.0. The van der Waals surface area contributed by atoms with Crippen LogP contribution in [-0.4, -0.2) is 17.9 Å². The summed E-state index contributed by atoms with van der Waals surface area (Å²) in [5, 5.41) is 9.35. The zero-order valence-corrected chi connectivity index (χ0v) is 13.8. The summed E-state index contributed by atoms with van der Waals surface area (Å²) in [6.45, 7) is 0.630. The molecule has 2 aromatic rings. The second-order valence-electron chi connectivity index (χ2n) is 5.68. The van der Waals surface area contributed by atoms with E-state index in [4.69, 9.17) is 11.6 Å². The summed E-state index contributed by atoms with van der Waals surface area (Å²) in [6, 6.07) is 14.8. The van der Waals surface area contributed by atoms with Gasteiger partial charge < -0.3 is 16.0 Å². The van der Waals surface area contributed by atoms with Crippen molar-refractivity contribution >= 4 is 34.8 Å². The first-order valence-corrected chi connectivity index (χ1v) is 8.17. The minimum absolute atomic E-state index is 0.0938. The van der Waals surface area contributed by atoms with Crippen molar-refractivity contribution in [3.05, 3.63) is 59.1 Å². The van der Waals surface area contributed by atoms with Gasteiger partial charge in [-0.25, -0.2) is 0 Å². The maximum Gasteiger partial charge on any atom is 0.247 e. The van der Waals surface area contributed by atoms with Crippen LogP contribution in [-0.2, 0) is 16.1 Å². The number of benzene rings is 2. The topological polar surface area (TPSA) is 70.2 Å². The SMILES string of the molecule is O=C1CC[C@H](C(=O)Nc2cc(Cl)ccc2NCc2ccccc2)N1. The fourth-order valence-electron chi connectivity index (χ4n) is 2.60. The summed E-state index contributed by atoms with van der Waals surface area (Å²) >= 11 is 6.05. The average Bonchev–Trinajstić information content (AvgIpc) is 3.02. The van der Waals surface area contributed by atoms with E-state index in [0.717, 1.165) is 11.3 Å². The molecular formula is C18H18ClN3O2. The van der Waals surface area contributed by atoms with E-state index in [1.165, 1.54) is 0 Å². The lowest BCUT2D eigenvalue weighted by molar-refractivity contribution is -0.122. The molecule has 124 valence electrons. The molecule has 5 nitrogen and oxygen atoms in total. The van der Waals surface area contributed by atoms with Crippen LogP contribution in [0.1, 0.15) is 18.4 Å². The van der Waals surface area contributed by atoms with Gasteiger partial charge in [-0.05, 0) is 30.2 Å². The van der Waals surface area contributed by atoms with Gasteiger partial charge in [0.2, 0.25) is 11.8 Å². The molecular weight excluding hydrogens is 326 g/mol. The predicted molar refractivity (Wildman–Crippen MR) is 95.0 cm³/mol. The summed E-state index contributed by atoms with van der Waals surface area (Å²) in [5.41, 5.74) is 2.51. The molecule has 1 atom stereocenters. The van der Waals surface area contributed by atoms with Gasteiger partial charge in [0, 0.05) is 18.0 Å². The van der Waals surface area contributed by atoms with Crippen LogP contribution in [0.15, 0.2) is 48.5 Å². The lowest BCUT2D eigenvalue weighted by Gasteiger charge is -2.16. The molecule has 24 heavy (non-hydrogen) atoms. The van der Waals surface area contributed by atoms with Crippen LogP contribution in [0.5, 0.6) is 0 Å². The van der Waals surface area contributed by atoms with Gasteiger partial charge in [0.1, 0.15) is 6.04 Å². The number of carbonyl (C=O) groups is 2. The van der Waals surface area contributed by atoms with Crippen molar-refractivity contribution in [3.8, 4) is 0 Å². The van der Waals surface area contributed by atoms with Gasteiger partial charge in [-0.3, -0.25) is 9.59 Å². The normalized spacial score (nSPS) is 16.5. The highest BCUT2D eigenvalue weighted by Crippen LogP contribution is 2.27. The second-order valence-corrected chi connectivity index (χ2v) is 6.11. The highest BCUT2D eigenvalue weighted by atomic mass is 35.5. The fraction of sp³-hybridized carbons (Fsp3) is 0.222. The number of anilines is 2. The van der Waals surface area contributed by atoms with Gasteiger partial charge in [0.15, 0.2) is 0 Å². The summed E-state index contributed by atoms with van der Waals surface area (Å²) < 4.78 is 0. The highest BCUT2D eigenvalue weighted by molar-refractivity contribution is 6.31. The van der Waals surface area contributed by atoms with Crippen molar-refractivity contribution in [2.75, 3.05) is 10.6 Å². The first-order valence-electron chi connectivity index (χ1n) is 7.79. The Morgan fingerprint density at radius 1 is 1.17 bits per heavy atom. The summed E-state index contributed by atoms with van der Waals surface area (Å²) in [4.78, 5) is 23.6. The van der Waals surface area contributed by atoms with Crippen LogP contribution in [0.2, 0.25) is 5.02 Å². The molecule has 1 aliphatic rings. The van der Waals surface area contributed by atoms with Crippen molar-refractivity contribution < 1.29 is 9.59 Å². The molecule has 6 heteroatoms. The Kier molecular flexibility index (Phi) is 5.01. The number of halogens is 1. The molecule has 0 spiro atoms. The van der Waals surface area contributed by atoms with E-state index in [2.05, 4.69) is 16.0 Å². The smallest absolute Gasteiger partial charge is 0.247 e. The molecule has 0 saturated carbocycles. The minimum Gasteiger partial charge on any atom is -0.379 e. The standard InChI is InChI=1S/C18H18ClN3O2/c19-13-6-7-14(20-11-12-4-2-1-3-5-12)16(10-13)22-18(24)15-8-9-17(23)21-15/h1-7,10,15,20H,8-9,11H2,(H,21,23)(H,22,24)/t15-/m1/s1. The van der Waals surface area contributed by atoms with Crippen molar-refractivity contribution in [3.63, 3.8) is 0 Å². The molecule has 2 aromatic carbocycles. The van der Waals surface area contributed by atoms with Crippen LogP contribution in [0.25, 0.3) is 0 Å². The molecule has 0 aromatic heterocycles. The van der Waals surface area contributed by atoms with Crippen LogP contribution < -0.4 is 16.0 Å². The van der Waals surface area contributed by atoms with E-state index in [0.29, 0.717) is 30.1 Å². The number of rotatable bonds is 5. The third-order valence-electron chi connectivity index (χ3n) is 3.88. The molecule has 0 unspecified atom stereocenters. The Balaban J connectivity index is 1.71. The quantitative estimate of drug-likeness (QED) is 0.781. The van der Waals surface area contributed by atoms with E-state index < -0.39 is 6.04 Å². The van der Waals surface area contributed by atoms with Crippen LogP contribution >= 0.6 is 11.6 Å². The monoisotopic (exact) mass is 343 g/mol. The maximum atomic E-state index is 12.3. The lowest BCUT2D eigenvalue weighted by Crippen LogP contribution is -2.37. The molecule has 1 aliphatic heterocycles. The number of nitrogens with one attached hydrogen (secondary N) is 3. The van der Waals surface area contributed by atoms with E-state index in [9.17, 15) is 9.59 Å². The second kappa shape index (κ2) is 7.36. The number of amides is 2. The third-order valence-corrected chi connectivity index (χ3v) is 4.11. The third kappa shape index (κ3) is 4.06. The van der Waals surface area contributed by atoms with E-state index >= 15 is 0 Å². The molecule has 0 radical (unpaired) electrons. The van der Waals surface area contributed by atoms with Crippen molar-refractivity contribution in [2.45, 2.75) is 25.4 Å². The van der Waals surface area contributed by atoms with Crippen LogP contribution in [0, 0.1) is 0 Å². The molecule has 0 bridgehead atoms. The molecule has 1 heterocycles. The molecule has 3 N–H and O–H groups in total. The highest BCUT2D eigenvalue weighted by Gasteiger charge is 2.27. The van der Waals surface area contributed by atoms with Gasteiger partial charge >= 0.3 is 0 Å². The van der Waals surface area contributed by atoms with Gasteiger partial charge in [0.05, 0.1) is 11.4 Å². The van der Waals surface area contributed by atoms with Crippen molar-refractivity contribution in [1.29, 1.82) is 0 Å². The Morgan fingerprint density at radius 3 is 2.67 bits per heavy atom. The van der Waals surface area contributed by atoms with Crippen molar-refractivity contribution in [1.82, 2.24) is 5.32 Å². The largest absolute Gasteiger partial charge is 0.379 e. The molecule has 0 aliphatic carbocycles. The fourth-order valence-corrected chi connectivity index (χ4v) is 2.77. The first kappa shape index (κ1) is 16.3. The summed E-state index contributed by atoms with van der Waals surface area (Å²) in [6.07, 6.45) is 0.894. The van der Waals surface area contributed by atoms with E-state index in [1.807, 2.05) is 36.4 Å². The number of carbonyl (C=O) groups excluding carboxylic acids is 2. The Bertz CT molecular complexity index is 749. The van der Waals surface area contributed by atoms with Gasteiger partial charge in [-0.15, -0.1) is 0 Å². The van der Waals surface area contributed by atoms with Crippen molar-refractivity contribution in [2.24, 2.45) is 0 Å². The molecule has 2 amide bonds. The predicted octanol–water partition coefficient (Wildman–Crippen LogP) is 3.17. The molecule has 3 rings (SSSR count). The van der Waals surface area contributed by atoms with Gasteiger partial charge in [-0.2, -0.15) is 0 Å². The van der Waals surface area contributed by atoms with Gasteiger partial charge in [0.25, 0.3) is 0 Å². The average molecular weight is 344 g/mol. The number of hydrogen-bond acceptors (Lipinski definition) is 3. The van der Waals surface area contributed by atoms with Gasteiger partial charge in [-0.1, -0.05) is 41.9 Å². The van der Waals surface area contributed by atoms with Crippen LogP contribution in [0.4, 0.5) is 11.4 Å². The Labute approximate surface area is 145 Å². The Morgan fingerprint density at radius 2 is 1.96 bits per heavy atom. The molecule has 1 fully saturated rings. The first-order chi connectivity index (χ1) is 11.6. The lowest BCUT2D eigenvalue weighted by atomic mass is 10.2. The summed E-state index contributed by atoms with van der Waals surface area (Å²) in [5.74, 6) is -0.324. The zero-order chi connectivity index (χ0) is 16.9. The maximum absolute atomic E-state index is 12.3. The van der Waals surface area contributed by atoms with E-state index in [1.54, 1.807) is 12.1 Å². The number of hydrogen-bond donors (Lipinski definition) is 3. The molecule has 1 saturated heterocycles. The van der Waals surface area contributed by atoms with E-state index in [-0.39, 0.29) is 11.8 Å². The minimum atomic E-state index is -0.488. The van der Waals surface area contributed by atoms with Crippen LogP contribution in [0.3, 0.4) is 0 Å².